The molecule has 0 radical (unpaired) electrons. The van der Waals surface area contributed by atoms with E-state index in [2.05, 4.69) is 24.1 Å². The zero-order valence-electron chi connectivity index (χ0n) is 12.0. The Morgan fingerprint density at radius 1 is 1.45 bits per heavy atom. The highest BCUT2D eigenvalue weighted by Gasteiger charge is 2.35. The molecule has 2 aliphatic rings. The van der Waals surface area contributed by atoms with E-state index in [9.17, 15) is 9.59 Å². The Hall–Kier alpha value is -0.950. The molecule has 0 aliphatic carbocycles. The Bertz CT molecular complexity index is 378. The highest BCUT2D eigenvalue weighted by atomic mass is 32.2. The van der Waals surface area contributed by atoms with Crippen molar-refractivity contribution in [3.63, 3.8) is 0 Å². The summed E-state index contributed by atoms with van der Waals surface area (Å²) in [5.74, 6) is 0.496. The van der Waals surface area contributed by atoms with Crippen molar-refractivity contribution >= 4 is 23.8 Å². The predicted octanol–water partition coefficient (Wildman–Crippen LogP) is 0.886. The van der Waals surface area contributed by atoms with Gasteiger partial charge in [-0.05, 0) is 32.7 Å². The molecular weight excluding hydrogens is 278 g/mol. The lowest BCUT2D eigenvalue weighted by molar-refractivity contribution is -0.140. The van der Waals surface area contributed by atoms with E-state index in [0.29, 0.717) is 30.1 Å². The van der Waals surface area contributed by atoms with Gasteiger partial charge in [-0.3, -0.25) is 0 Å². The monoisotopic (exact) mass is 301 g/mol. The maximum absolute atomic E-state index is 12.1. The Morgan fingerprint density at radius 2 is 2.20 bits per heavy atom. The molecule has 2 amide bonds. The van der Waals surface area contributed by atoms with Gasteiger partial charge in [0.15, 0.2) is 0 Å². The highest BCUT2D eigenvalue weighted by molar-refractivity contribution is 7.99. The van der Waals surface area contributed by atoms with Gasteiger partial charge in [-0.2, -0.15) is 0 Å². The molecule has 7 heteroatoms. The molecule has 0 spiro atoms. The molecule has 0 saturated carbocycles. The Labute approximate surface area is 123 Å². The zero-order chi connectivity index (χ0) is 14.7. The molecule has 0 aromatic heterocycles. The summed E-state index contributed by atoms with van der Waals surface area (Å²) in [6, 6.07) is -0.386. The van der Waals surface area contributed by atoms with Gasteiger partial charge in [0.1, 0.15) is 6.04 Å². The minimum absolute atomic E-state index is 0.245. The van der Waals surface area contributed by atoms with Crippen LogP contribution in [-0.2, 0) is 4.79 Å². The van der Waals surface area contributed by atoms with Crippen molar-refractivity contribution in [2.24, 2.45) is 5.92 Å². The Kier molecular flexibility index (Phi) is 5.15. The molecule has 2 atom stereocenters. The molecule has 20 heavy (non-hydrogen) atoms. The van der Waals surface area contributed by atoms with Crippen LogP contribution in [0.3, 0.4) is 0 Å². The van der Waals surface area contributed by atoms with E-state index in [4.69, 9.17) is 5.11 Å². The summed E-state index contributed by atoms with van der Waals surface area (Å²) < 4.78 is 0. The van der Waals surface area contributed by atoms with Gasteiger partial charge in [0.25, 0.3) is 0 Å². The molecule has 2 unspecified atom stereocenters. The zero-order valence-corrected chi connectivity index (χ0v) is 12.9. The third-order valence-corrected chi connectivity index (χ3v) is 5.03. The summed E-state index contributed by atoms with van der Waals surface area (Å²) in [5.41, 5.74) is 0. The number of amides is 2. The second-order valence-corrected chi connectivity index (χ2v) is 6.75. The molecule has 0 aromatic rings. The smallest absolute Gasteiger partial charge is 0.327 e. The largest absolute Gasteiger partial charge is 0.480 e. The van der Waals surface area contributed by atoms with Crippen LogP contribution in [0.1, 0.15) is 20.3 Å². The van der Waals surface area contributed by atoms with Crippen molar-refractivity contribution in [3.05, 3.63) is 0 Å². The minimum Gasteiger partial charge on any atom is -0.480 e. The van der Waals surface area contributed by atoms with Gasteiger partial charge in [-0.1, -0.05) is 0 Å². The van der Waals surface area contributed by atoms with Gasteiger partial charge in [0.05, 0.1) is 5.88 Å². The first-order valence-electron chi connectivity index (χ1n) is 7.08. The number of rotatable bonds is 4. The first-order chi connectivity index (χ1) is 9.49. The van der Waals surface area contributed by atoms with Crippen molar-refractivity contribution in [2.45, 2.75) is 32.4 Å². The fourth-order valence-corrected chi connectivity index (χ4v) is 3.82. The topological polar surface area (TPSA) is 72.9 Å². The van der Waals surface area contributed by atoms with Crippen molar-refractivity contribution in [1.29, 1.82) is 0 Å². The maximum atomic E-state index is 12.1. The number of hydrogen-bond donors (Lipinski definition) is 2. The summed E-state index contributed by atoms with van der Waals surface area (Å²) in [7, 11) is 0. The molecule has 2 saturated heterocycles. The first-order valence-corrected chi connectivity index (χ1v) is 8.23. The molecule has 2 N–H and O–H groups in total. The number of hydrogen-bond acceptors (Lipinski definition) is 4. The Balaban J connectivity index is 1.77. The van der Waals surface area contributed by atoms with Crippen molar-refractivity contribution in [2.75, 3.05) is 31.3 Å². The van der Waals surface area contributed by atoms with Crippen LogP contribution in [0.25, 0.3) is 0 Å². The number of likely N-dealkylation sites (tertiary alicyclic amines) is 1. The molecule has 2 aliphatic heterocycles. The van der Waals surface area contributed by atoms with E-state index in [-0.39, 0.29) is 6.03 Å². The Morgan fingerprint density at radius 3 is 2.80 bits per heavy atom. The SMILES string of the molecule is CC(C)N1CCC(CNC(=O)N2CSCC2C(=O)O)C1. The van der Waals surface area contributed by atoms with Gasteiger partial charge in [-0.25, -0.2) is 9.59 Å². The molecule has 6 nitrogen and oxygen atoms in total. The van der Waals surface area contributed by atoms with Crippen LogP contribution in [0, 0.1) is 5.92 Å². The van der Waals surface area contributed by atoms with Crippen LogP contribution in [0.15, 0.2) is 0 Å². The van der Waals surface area contributed by atoms with Gasteiger partial charge in [0, 0.05) is 24.9 Å². The van der Waals surface area contributed by atoms with Crippen molar-refractivity contribution < 1.29 is 14.7 Å². The number of urea groups is 1. The van der Waals surface area contributed by atoms with E-state index >= 15 is 0 Å². The van der Waals surface area contributed by atoms with E-state index in [1.54, 1.807) is 0 Å². The van der Waals surface area contributed by atoms with Crippen LogP contribution >= 0.6 is 11.8 Å². The van der Waals surface area contributed by atoms with E-state index in [1.807, 2.05) is 0 Å². The molecule has 2 fully saturated rings. The number of carboxylic acid groups (broad SMARTS) is 1. The number of aliphatic carboxylic acids is 1. The quantitative estimate of drug-likeness (QED) is 0.806. The maximum Gasteiger partial charge on any atom is 0.327 e. The van der Waals surface area contributed by atoms with Gasteiger partial charge in [0.2, 0.25) is 0 Å². The van der Waals surface area contributed by atoms with Gasteiger partial charge >= 0.3 is 12.0 Å². The summed E-state index contributed by atoms with van der Waals surface area (Å²) in [5, 5.41) is 12.0. The van der Waals surface area contributed by atoms with E-state index in [0.717, 1.165) is 19.5 Å². The third kappa shape index (κ3) is 3.58. The average Bonchev–Trinajstić information content (AvgIpc) is 3.04. The number of carboxylic acids is 1. The molecule has 0 aromatic carbocycles. The highest BCUT2D eigenvalue weighted by Crippen LogP contribution is 2.21. The lowest BCUT2D eigenvalue weighted by atomic mass is 10.1. The van der Waals surface area contributed by atoms with Crippen molar-refractivity contribution in [1.82, 2.24) is 15.1 Å². The van der Waals surface area contributed by atoms with Crippen LogP contribution in [0.2, 0.25) is 0 Å². The molecular formula is C13H23N3O3S. The standard InChI is InChI=1S/C13H23N3O3S/c1-9(2)15-4-3-10(6-15)5-14-13(19)16-8-20-7-11(16)12(17)18/h9-11H,3-8H2,1-2H3,(H,14,19)(H,17,18). The predicted molar refractivity (Wildman–Crippen MR) is 78.8 cm³/mol. The minimum atomic E-state index is -0.919. The van der Waals surface area contributed by atoms with E-state index < -0.39 is 12.0 Å². The van der Waals surface area contributed by atoms with Crippen LogP contribution < -0.4 is 5.32 Å². The lowest BCUT2D eigenvalue weighted by Gasteiger charge is -2.23. The average molecular weight is 301 g/mol. The molecule has 0 bridgehead atoms. The summed E-state index contributed by atoms with van der Waals surface area (Å²) in [6.45, 7) is 7.08. The fourth-order valence-electron chi connectivity index (χ4n) is 2.68. The number of nitrogens with one attached hydrogen (secondary N) is 1. The molecule has 2 heterocycles. The lowest BCUT2D eigenvalue weighted by Crippen LogP contribution is -2.48. The summed E-state index contributed by atoms with van der Waals surface area (Å²) >= 11 is 1.49. The molecule has 2 rings (SSSR count). The first kappa shape index (κ1) is 15.4. The second kappa shape index (κ2) is 6.67. The van der Waals surface area contributed by atoms with E-state index in [1.165, 1.54) is 16.7 Å². The molecule has 114 valence electrons. The fraction of sp³-hybridized carbons (Fsp3) is 0.846. The normalized spacial score (nSPS) is 27.2. The van der Waals surface area contributed by atoms with Gasteiger partial charge in [-0.15, -0.1) is 11.8 Å². The number of carbonyl (C=O) groups excluding carboxylic acids is 1. The van der Waals surface area contributed by atoms with Gasteiger partial charge < -0.3 is 20.2 Å². The third-order valence-electron chi connectivity index (χ3n) is 4.02. The number of thioether (sulfide) groups is 1. The second-order valence-electron chi connectivity index (χ2n) is 5.75. The number of nitrogens with zero attached hydrogens (tertiary/aromatic N) is 2. The van der Waals surface area contributed by atoms with Crippen LogP contribution in [-0.4, -0.2) is 70.3 Å². The number of carbonyl (C=O) groups is 2. The van der Waals surface area contributed by atoms with Crippen LogP contribution in [0.4, 0.5) is 4.79 Å². The summed E-state index contributed by atoms with van der Waals surface area (Å²) in [4.78, 5) is 26.9. The van der Waals surface area contributed by atoms with Crippen molar-refractivity contribution in [3.8, 4) is 0 Å². The summed E-state index contributed by atoms with van der Waals surface area (Å²) in [6.07, 6.45) is 1.09. The van der Waals surface area contributed by atoms with Crippen LogP contribution in [0.5, 0.6) is 0 Å².